The highest BCUT2D eigenvalue weighted by atomic mass is 19.3. The van der Waals surface area contributed by atoms with Gasteiger partial charge in [-0.2, -0.15) is 0 Å². The standard InChI is InChI=1S/C35H34F5N5O4/c1-18-22(28-24(36)5-6-25(37)29(28)38)12-26-32(47)45(18)17-35(39,40)7-3-9-49-8-2-4-19-10-23-30(42-15-19)44-33(48)34(23)13-20-11-21(31(46)43-26)16-41-27(20)14-34/h2,4-6,10-11,15-16,18,20,22,26-27H,3,7-9,12-14,17H2,1H3,(H,43,46)(H,42,44,48)/b4-2+/t18?,20?,22?,26?,27?,34-/m0/s1. The van der Waals surface area contributed by atoms with Crippen molar-refractivity contribution in [3.05, 3.63) is 76.3 Å². The number of carbonyl (C=O) groups excluding carboxylic acids is 3. The second-order valence-electron chi connectivity index (χ2n) is 13.5. The van der Waals surface area contributed by atoms with E-state index in [9.17, 15) is 18.8 Å². The lowest BCUT2D eigenvalue weighted by molar-refractivity contribution is -0.149. The number of anilines is 1. The van der Waals surface area contributed by atoms with Crippen LogP contribution < -0.4 is 10.6 Å². The third kappa shape index (κ3) is 5.93. The number of carbonyl (C=O) groups is 3. The monoisotopic (exact) mass is 683 g/mol. The van der Waals surface area contributed by atoms with Crippen LogP contribution in [0, 0.1) is 23.4 Å². The maximum absolute atomic E-state index is 15.4. The molecular formula is C35H34F5N5O4. The Hall–Kier alpha value is -4.46. The molecule has 5 unspecified atom stereocenters. The third-order valence-corrected chi connectivity index (χ3v) is 10.4. The molecule has 1 saturated carbocycles. The SMILES string of the molecule is CC1C(c2c(F)ccc(F)c2F)CC2NC(=O)C3=CC4C[C@@]5(CC4N=C3)C(=O)Nc3ncc(cc35)/C=C/COCCCC(F)(F)CN1C2=O. The van der Waals surface area contributed by atoms with E-state index in [2.05, 4.69) is 20.6 Å². The Kier molecular flexibility index (Phi) is 8.40. The molecule has 2 aromatic rings. The summed E-state index contributed by atoms with van der Waals surface area (Å²) in [5, 5.41) is 5.45. The number of aromatic nitrogens is 1. The van der Waals surface area contributed by atoms with Gasteiger partial charge in [-0.05, 0) is 56.4 Å². The molecule has 1 aromatic carbocycles. The number of amides is 3. The largest absolute Gasteiger partial charge is 0.377 e. The second-order valence-corrected chi connectivity index (χ2v) is 13.5. The molecule has 7 rings (SSSR count). The van der Waals surface area contributed by atoms with Crippen LogP contribution in [0.5, 0.6) is 0 Å². The number of dihydropyridines is 1. The Morgan fingerprint density at radius 3 is 2.69 bits per heavy atom. The molecule has 1 saturated heterocycles. The molecule has 49 heavy (non-hydrogen) atoms. The van der Waals surface area contributed by atoms with Gasteiger partial charge in [0, 0.05) is 54.4 Å². The number of hydrogen-bond donors (Lipinski definition) is 2. The molecule has 4 aliphatic heterocycles. The summed E-state index contributed by atoms with van der Waals surface area (Å²) in [5.41, 5.74) is -0.0597. The highest BCUT2D eigenvalue weighted by molar-refractivity contribution is 6.14. The minimum atomic E-state index is -3.42. The number of fused-ring (bicyclic) bond motifs is 3. The van der Waals surface area contributed by atoms with E-state index in [1.54, 1.807) is 24.4 Å². The Morgan fingerprint density at radius 1 is 1.08 bits per heavy atom. The summed E-state index contributed by atoms with van der Waals surface area (Å²) in [6, 6.07) is 0.301. The van der Waals surface area contributed by atoms with Gasteiger partial charge < -0.3 is 20.3 Å². The molecule has 6 atom stereocenters. The van der Waals surface area contributed by atoms with E-state index < -0.39 is 77.1 Å². The molecule has 2 N–H and O–H groups in total. The lowest BCUT2D eigenvalue weighted by Gasteiger charge is -2.44. The molecule has 1 aliphatic carbocycles. The van der Waals surface area contributed by atoms with E-state index in [0.717, 1.165) is 22.1 Å². The van der Waals surface area contributed by atoms with Gasteiger partial charge in [0.1, 0.15) is 17.7 Å². The number of aliphatic imine (C=N–C) groups is 1. The predicted molar refractivity (Wildman–Crippen MR) is 168 cm³/mol. The number of alkyl halides is 2. The smallest absolute Gasteiger partial charge is 0.265 e. The minimum absolute atomic E-state index is 0.00763. The van der Waals surface area contributed by atoms with Crippen LogP contribution in [-0.4, -0.2) is 77.6 Å². The van der Waals surface area contributed by atoms with E-state index in [0.29, 0.717) is 24.7 Å². The Labute approximate surface area is 278 Å². The minimum Gasteiger partial charge on any atom is -0.377 e. The van der Waals surface area contributed by atoms with Gasteiger partial charge in [-0.3, -0.25) is 19.4 Å². The Morgan fingerprint density at radius 2 is 1.88 bits per heavy atom. The number of benzene rings is 1. The average molecular weight is 684 g/mol. The number of pyridine rings is 1. The zero-order valence-corrected chi connectivity index (χ0v) is 26.5. The van der Waals surface area contributed by atoms with Crippen LogP contribution in [0.3, 0.4) is 0 Å². The molecule has 0 radical (unpaired) electrons. The van der Waals surface area contributed by atoms with Crippen molar-refractivity contribution < 1.29 is 41.1 Å². The number of halogens is 5. The molecule has 1 aromatic heterocycles. The summed E-state index contributed by atoms with van der Waals surface area (Å²) in [6.45, 7) is 0.415. The van der Waals surface area contributed by atoms with E-state index in [1.807, 2.05) is 6.07 Å². The Balaban J connectivity index is 1.23. The maximum Gasteiger partial charge on any atom is 0.265 e. The summed E-state index contributed by atoms with van der Waals surface area (Å²) in [7, 11) is 0. The molecule has 1 spiro atoms. The van der Waals surface area contributed by atoms with Crippen LogP contribution in [0.2, 0.25) is 0 Å². The number of nitrogens with zero attached hydrogens (tertiary/aromatic N) is 3. The topological polar surface area (TPSA) is 113 Å². The molecular weight excluding hydrogens is 649 g/mol. The van der Waals surface area contributed by atoms with Crippen LogP contribution in [0.4, 0.5) is 27.8 Å². The zero-order chi connectivity index (χ0) is 34.7. The van der Waals surface area contributed by atoms with Crippen LogP contribution in [0.25, 0.3) is 6.08 Å². The molecule has 2 fully saturated rings. The molecule has 5 aliphatic rings. The first-order valence-corrected chi connectivity index (χ1v) is 16.3. The molecule has 3 amide bonds. The molecule has 9 nitrogen and oxygen atoms in total. The average Bonchev–Trinajstić information content (AvgIpc) is 3.58. The first-order valence-electron chi connectivity index (χ1n) is 16.3. The second kappa shape index (κ2) is 12.5. The van der Waals surface area contributed by atoms with Gasteiger partial charge in [0.15, 0.2) is 11.6 Å². The first-order chi connectivity index (χ1) is 23.4. The van der Waals surface area contributed by atoms with Gasteiger partial charge in [0.2, 0.25) is 11.8 Å². The quantitative estimate of drug-likeness (QED) is 0.331. The van der Waals surface area contributed by atoms with Crippen molar-refractivity contribution in [2.75, 3.05) is 25.1 Å². The van der Waals surface area contributed by atoms with Crippen molar-refractivity contribution in [1.82, 2.24) is 15.2 Å². The van der Waals surface area contributed by atoms with Crippen LogP contribution >= 0.6 is 0 Å². The van der Waals surface area contributed by atoms with Crippen molar-refractivity contribution in [3.8, 4) is 0 Å². The fourth-order valence-electron chi connectivity index (χ4n) is 7.93. The van der Waals surface area contributed by atoms with Gasteiger partial charge >= 0.3 is 0 Å². The molecule has 14 heteroatoms. The highest BCUT2D eigenvalue weighted by Crippen LogP contribution is 2.52. The lowest BCUT2D eigenvalue weighted by Crippen LogP contribution is -2.60. The summed E-state index contributed by atoms with van der Waals surface area (Å²) in [5.74, 6) is -10.3. The van der Waals surface area contributed by atoms with Gasteiger partial charge in [-0.15, -0.1) is 0 Å². The number of hydrogen-bond acceptors (Lipinski definition) is 6. The van der Waals surface area contributed by atoms with Crippen LogP contribution in [0.1, 0.15) is 61.6 Å². The third-order valence-electron chi connectivity index (χ3n) is 10.4. The number of nitrogens with one attached hydrogen (secondary N) is 2. The van der Waals surface area contributed by atoms with Crippen LogP contribution in [0.15, 0.2) is 47.1 Å². The van der Waals surface area contributed by atoms with E-state index >= 15 is 17.6 Å². The lowest BCUT2D eigenvalue weighted by atomic mass is 9.79. The van der Waals surface area contributed by atoms with Gasteiger partial charge in [0.25, 0.3) is 11.8 Å². The molecule has 258 valence electrons. The summed E-state index contributed by atoms with van der Waals surface area (Å²) >= 11 is 0. The normalized spacial score (nSPS) is 31.8. The zero-order valence-electron chi connectivity index (χ0n) is 26.5. The van der Waals surface area contributed by atoms with Crippen molar-refractivity contribution >= 4 is 35.8 Å². The van der Waals surface area contributed by atoms with E-state index in [4.69, 9.17) is 4.74 Å². The van der Waals surface area contributed by atoms with Gasteiger partial charge in [-0.25, -0.2) is 26.9 Å². The Bertz CT molecular complexity index is 1810. The predicted octanol–water partition coefficient (Wildman–Crippen LogP) is 4.83. The van der Waals surface area contributed by atoms with E-state index in [-0.39, 0.29) is 49.5 Å². The van der Waals surface area contributed by atoms with Crippen LogP contribution in [-0.2, 0) is 24.5 Å². The van der Waals surface area contributed by atoms with Crippen molar-refractivity contribution in [2.45, 2.75) is 74.4 Å². The van der Waals surface area contributed by atoms with E-state index in [1.165, 1.54) is 13.1 Å². The first kappa shape index (κ1) is 33.1. The van der Waals surface area contributed by atoms with Crippen molar-refractivity contribution in [3.63, 3.8) is 0 Å². The number of piperidine rings is 1. The summed E-state index contributed by atoms with van der Waals surface area (Å²) in [6.07, 6.45) is 7.78. The highest BCUT2D eigenvalue weighted by Gasteiger charge is 2.56. The van der Waals surface area contributed by atoms with Gasteiger partial charge in [-0.1, -0.05) is 18.2 Å². The maximum atomic E-state index is 15.4. The fourth-order valence-corrected chi connectivity index (χ4v) is 7.93. The number of rotatable bonds is 1. The molecule has 5 heterocycles. The number of ether oxygens (including phenoxy) is 1. The summed E-state index contributed by atoms with van der Waals surface area (Å²) < 4.78 is 80.7. The van der Waals surface area contributed by atoms with Gasteiger partial charge in [0.05, 0.1) is 30.2 Å². The summed E-state index contributed by atoms with van der Waals surface area (Å²) in [4.78, 5) is 50.6. The molecule has 7 bridgehead atoms. The van der Waals surface area contributed by atoms with Crippen molar-refractivity contribution in [2.24, 2.45) is 10.9 Å². The van der Waals surface area contributed by atoms with Crippen molar-refractivity contribution in [1.29, 1.82) is 0 Å². The fraction of sp³-hybridized carbons (Fsp3) is 0.457.